The first-order valence-electron chi connectivity index (χ1n) is 4.93. The summed E-state index contributed by atoms with van der Waals surface area (Å²) in [5.41, 5.74) is 1.12. The van der Waals surface area contributed by atoms with Crippen molar-refractivity contribution in [3.8, 4) is 5.69 Å². The fourth-order valence-corrected chi connectivity index (χ4v) is 1.56. The Morgan fingerprint density at radius 1 is 1.50 bits per heavy atom. The summed E-state index contributed by atoms with van der Waals surface area (Å²) in [6.07, 6.45) is 5.05. The monoisotopic (exact) mass is 218 g/mol. The molecule has 0 bridgehead atoms. The Morgan fingerprint density at radius 3 is 2.88 bits per heavy atom. The highest BCUT2D eigenvalue weighted by molar-refractivity contribution is 5.78. The van der Waals surface area contributed by atoms with E-state index in [1.54, 1.807) is 29.1 Å². The molecule has 0 fully saturated rings. The van der Waals surface area contributed by atoms with Crippen molar-refractivity contribution in [3.63, 3.8) is 0 Å². The van der Waals surface area contributed by atoms with E-state index in [-0.39, 0.29) is 18.0 Å². The molecule has 82 valence electrons. The van der Waals surface area contributed by atoms with Crippen molar-refractivity contribution in [2.24, 2.45) is 0 Å². The maximum absolute atomic E-state index is 13.7. The summed E-state index contributed by atoms with van der Waals surface area (Å²) < 4.78 is 15.3. The van der Waals surface area contributed by atoms with Crippen LogP contribution in [-0.4, -0.2) is 15.3 Å². The minimum Gasteiger partial charge on any atom is -0.303 e. The standard InChI is InChI=1S/C12H11FN2O/c1-9(16)6-10-2-3-12(11(13)7-10)15-5-4-14-8-15/h2-5,7-8H,6H2,1H3. The average Bonchev–Trinajstić information content (AvgIpc) is 2.69. The van der Waals surface area contributed by atoms with E-state index in [4.69, 9.17) is 0 Å². The highest BCUT2D eigenvalue weighted by atomic mass is 19.1. The molecule has 2 aromatic rings. The van der Waals surface area contributed by atoms with Gasteiger partial charge in [-0.15, -0.1) is 0 Å². The number of benzene rings is 1. The molecular formula is C12H11FN2O. The smallest absolute Gasteiger partial charge is 0.147 e. The molecule has 0 saturated carbocycles. The Hall–Kier alpha value is -1.97. The fourth-order valence-electron chi connectivity index (χ4n) is 1.56. The summed E-state index contributed by atoms with van der Waals surface area (Å²) in [4.78, 5) is 14.8. The van der Waals surface area contributed by atoms with E-state index < -0.39 is 0 Å². The average molecular weight is 218 g/mol. The van der Waals surface area contributed by atoms with Crippen molar-refractivity contribution < 1.29 is 9.18 Å². The lowest BCUT2D eigenvalue weighted by Crippen LogP contribution is -2.00. The minimum absolute atomic E-state index is 0.0229. The van der Waals surface area contributed by atoms with Crippen LogP contribution in [-0.2, 0) is 11.2 Å². The van der Waals surface area contributed by atoms with Crippen molar-refractivity contribution in [2.45, 2.75) is 13.3 Å². The van der Waals surface area contributed by atoms with Gasteiger partial charge in [-0.1, -0.05) is 6.07 Å². The van der Waals surface area contributed by atoms with Crippen molar-refractivity contribution in [1.82, 2.24) is 9.55 Å². The Kier molecular flexibility index (Phi) is 2.81. The number of ketones is 1. The van der Waals surface area contributed by atoms with E-state index >= 15 is 0 Å². The first kappa shape index (κ1) is 10.5. The van der Waals surface area contributed by atoms with Gasteiger partial charge in [0.05, 0.1) is 12.0 Å². The van der Waals surface area contributed by atoms with Gasteiger partial charge in [-0.05, 0) is 24.6 Å². The third-order valence-electron chi connectivity index (χ3n) is 2.25. The van der Waals surface area contributed by atoms with Crippen LogP contribution in [0.3, 0.4) is 0 Å². The number of hydrogen-bond donors (Lipinski definition) is 0. The normalized spacial score (nSPS) is 10.4. The Bertz CT molecular complexity index is 506. The number of carbonyl (C=O) groups excluding carboxylic acids is 1. The number of Topliss-reactive ketones (excluding diaryl/α,β-unsaturated/α-hetero) is 1. The van der Waals surface area contributed by atoms with Crippen LogP contribution in [0.5, 0.6) is 0 Å². The number of carbonyl (C=O) groups is 1. The fraction of sp³-hybridized carbons (Fsp3) is 0.167. The first-order chi connectivity index (χ1) is 7.66. The zero-order valence-corrected chi connectivity index (χ0v) is 8.85. The van der Waals surface area contributed by atoms with Crippen molar-refractivity contribution in [1.29, 1.82) is 0 Å². The molecule has 3 nitrogen and oxygen atoms in total. The number of rotatable bonds is 3. The van der Waals surface area contributed by atoms with E-state index in [1.807, 2.05) is 0 Å². The lowest BCUT2D eigenvalue weighted by molar-refractivity contribution is -0.116. The minimum atomic E-state index is -0.350. The summed E-state index contributed by atoms with van der Waals surface area (Å²) in [6.45, 7) is 1.49. The quantitative estimate of drug-likeness (QED) is 0.791. The van der Waals surface area contributed by atoms with Crippen molar-refractivity contribution in [3.05, 3.63) is 48.3 Å². The number of nitrogens with zero attached hydrogens (tertiary/aromatic N) is 2. The number of aromatic nitrogens is 2. The van der Waals surface area contributed by atoms with E-state index in [9.17, 15) is 9.18 Å². The van der Waals surface area contributed by atoms with Crippen LogP contribution < -0.4 is 0 Å². The molecule has 0 aliphatic rings. The molecule has 1 aromatic carbocycles. The molecular weight excluding hydrogens is 207 g/mol. The number of halogens is 1. The highest BCUT2D eigenvalue weighted by Crippen LogP contribution is 2.15. The molecule has 0 saturated heterocycles. The number of imidazole rings is 1. The van der Waals surface area contributed by atoms with Crippen LogP contribution in [0.15, 0.2) is 36.9 Å². The molecule has 16 heavy (non-hydrogen) atoms. The van der Waals surface area contributed by atoms with Gasteiger partial charge in [0.25, 0.3) is 0 Å². The summed E-state index contributed by atoms with van der Waals surface area (Å²) in [5.74, 6) is -0.327. The van der Waals surface area contributed by atoms with Crippen LogP contribution in [0.25, 0.3) is 5.69 Å². The van der Waals surface area contributed by atoms with E-state index in [1.165, 1.54) is 19.3 Å². The molecule has 0 spiro atoms. The molecule has 4 heteroatoms. The predicted octanol–water partition coefficient (Wildman–Crippen LogP) is 2.14. The van der Waals surface area contributed by atoms with E-state index in [2.05, 4.69) is 4.98 Å². The van der Waals surface area contributed by atoms with E-state index in [0.29, 0.717) is 11.3 Å². The first-order valence-corrected chi connectivity index (χ1v) is 4.93. The van der Waals surface area contributed by atoms with Gasteiger partial charge in [-0.3, -0.25) is 4.79 Å². The zero-order chi connectivity index (χ0) is 11.5. The largest absolute Gasteiger partial charge is 0.303 e. The molecule has 1 aromatic heterocycles. The van der Waals surface area contributed by atoms with Gasteiger partial charge in [0.15, 0.2) is 0 Å². The molecule has 1 heterocycles. The summed E-state index contributed by atoms with van der Waals surface area (Å²) in [6, 6.07) is 4.78. The predicted molar refractivity (Wildman–Crippen MR) is 57.9 cm³/mol. The molecule has 0 amide bonds. The number of hydrogen-bond acceptors (Lipinski definition) is 2. The lowest BCUT2D eigenvalue weighted by Gasteiger charge is -2.05. The summed E-state index contributed by atoms with van der Waals surface area (Å²) in [5, 5.41) is 0. The Labute approximate surface area is 92.5 Å². The zero-order valence-electron chi connectivity index (χ0n) is 8.85. The molecule has 0 aliphatic carbocycles. The second kappa shape index (κ2) is 4.26. The topological polar surface area (TPSA) is 34.9 Å². The summed E-state index contributed by atoms with van der Waals surface area (Å²) >= 11 is 0. The van der Waals surface area contributed by atoms with Crippen molar-refractivity contribution in [2.75, 3.05) is 0 Å². The van der Waals surface area contributed by atoms with Gasteiger partial charge in [-0.2, -0.15) is 0 Å². The van der Waals surface area contributed by atoms with Crippen LogP contribution in [0.2, 0.25) is 0 Å². The molecule has 0 unspecified atom stereocenters. The maximum atomic E-state index is 13.7. The van der Waals surface area contributed by atoms with E-state index in [0.717, 1.165) is 0 Å². The van der Waals surface area contributed by atoms with Crippen LogP contribution in [0.4, 0.5) is 4.39 Å². The van der Waals surface area contributed by atoms with Gasteiger partial charge in [0.1, 0.15) is 11.6 Å². The molecule has 0 aliphatic heterocycles. The van der Waals surface area contributed by atoms with Gasteiger partial charge in [0, 0.05) is 18.8 Å². The SMILES string of the molecule is CC(=O)Cc1ccc(-n2ccnc2)c(F)c1. The second-order valence-electron chi connectivity index (χ2n) is 3.63. The molecule has 0 N–H and O–H groups in total. The van der Waals surface area contributed by atoms with Crippen LogP contribution in [0.1, 0.15) is 12.5 Å². The Balaban J connectivity index is 2.34. The highest BCUT2D eigenvalue weighted by Gasteiger charge is 2.06. The van der Waals surface area contributed by atoms with Gasteiger partial charge >= 0.3 is 0 Å². The Morgan fingerprint density at radius 2 is 2.31 bits per heavy atom. The summed E-state index contributed by atoms with van der Waals surface area (Å²) in [7, 11) is 0. The van der Waals surface area contributed by atoms with Gasteiger partial charge in [0.2, 0.25) is 0 Å². The third-order valence-corrected chi connectivity index (χ3v) is 2.25. The van der Waals surface area contributed by atoms with Crippen LogP contribution >= 0.6 is 0 Å². The maximum Gasteiger partial charge on any atom is 0.147 e. The lowest BCUT2D eigenvalue weighted by atomic mass is 10.1. The second-order valence-corrected chi connectivity index (χ2v) is 3.63. The van der Waals surface area contributed by atoms with Crippen LogP contribution in [0, 0.1) is 5.82 Å². The van der Waals surface area contributed by atoms with Gasteiger partial charge < -0.3 is 4.57 Å². The third kappa shape index (κ3) is 2.16. The van der Waals surface area contributed by atoms with Gasteiger partial charge in [-0.25, -0.2) is 9.37 Å². The van der Waals surface area contributed by atoms with Crippen molar-refractivity contribution >= 4 is 5.78 Å². The molecule has 2 rings (SSSR count). The molecule has 0 atom stereocenters. The molecule has 0 radical (unpaired) electrons.